The highest BCUT2D eigenvalue weighted by molar-refractivity contribution is 9.10. The lowest BCUT2D eigenvalue weighted by Crippen LogP contribution is -2.10. The maximum atomic E-state index is 11.7. The summed E-state index contributed by atoms with van der Waals surface area (Å²) in [6.07, 6.45) is 3.17. The van der Waals surface area contributed by atoms with Gasteiger partial charge in [-0.2, -0.15) is 0 Å². The summed E-state index contributed by atoms with van der Waals surface area (Å²) >= 11 is 8.12. The van der Waals surface area contributed by atoms with E-state index in [0.717, 1.165) is 5.56 Å². The molecule has 19 heavy (non-hydrogen) atoms. The van der Waals surface area contributed by atoms with E-state index in [1.165, 1.54) is 6.20 Å². The number of nitrogens with one attached hydrogen (secondary N) is 2. The van der Waals surface area contributed by atoms with Gasteiger partial charge in [0.15, 0.2) is 4.77 Å². The Labute approximate surface area is 123 Å². The number of H-pyrrole nitrogens is 2. The molecule has 0 fully saturated rings. The van der Waals surface area contributed by atoms with Crippen LogP contribution in [0.25, 0.3) is 0 Å². The second-order valence-electron chi connectivity index (χ2n) is 4.24. The largest absolute Gasteiger partial charge is 0.450 e. The van der Waals surface area contributed by atoms with Gasteiger partial charge in [0.2, 0.25) is 5.75 Å². The van der Waals surface area contributed by atoms with Crippen LogP contribution in [0.5, 0.6) is 11.5 Å². The Morgan fingerprint density at radius 3 is 2.79 bits per heavy atom. The van der Waals surface area contributed by atoms with Gasteiger partial charge in [-0.1, -0.05) is 13.8 Å². The van der Waals surface area contributed by atoms with Crippen molar-refractivity contribution in [1.29, 1.82) is 0 Å². The van der Waals surface area contributed by atoms with Crippen molar-refractivity contribution in [3.8, 4) is 11.5 Å². The fourth-order valence-electron chi connectivity index (χ4n) is 1.54. The third-order valence-electron chi connectivity index (χ3n) is 2.49. The fraction of sp³-hybridized carbons (Fsp3) is 0.250. The van der Waals surface area contributed by atoms with Gasteiger partial charge in [-0.3, -0.25) is 9.78 Å². The highest BCUT2D eigenvalue weighted by Crippen LogP contribution is 2.30. The first kappa shape index (κ1) is 14.0. The molecule has 2 rings (SSSR count). The molecule has 0 amide bonds. The van der Waals surface area contributed by atoms with Crippen LogP contribution in [-0.2, 0) is 0 Å². The molecule has 0 aliphatic carbocycles. The number of halogens is 1. The second-order valence-corrected chi connectivity index (χ2v) is 5.46. The molecule has 7 heteroatoms. The maximum absolute atomic E-state index is 11.7. The lowest BCUT2D eigenvalue weighted by atomic mass is 10.1. The minimum atomic E-state index is -0.369. The summed E-state index contributed by atoms with van der Waals surface area (Å²) in [5.41, 5.74) is 0.552. The molecule has 2 aromatic heterocycles. The Balaban J connectivity index is 2.45. The first-order chi connectivity index (χ1) is 8.97. The van der Waals surface area contributed by atoms with Crippen molar-refractivity contribution in [2.24, 2.45) is 0 Å². The zero-order chi connectivity index (χ0) is 14.0. The van der Waals surface area contributed by atoms with E-state index in [-0.39, 0.29) is 22.0 Å². The molecule has 2 heterocycles. The predicted octanol–water partition coefficient (Wildman–Crippen LogP) is 3.51. The number of ether oxygens (including phenoxy) is 1. The van der Waals surface area contributed by atoms with Crippen LogP contribution in [0.1, 0.15) is 25.3 Å². The summed E-state index contributed by atoms with van der Waals surface area (Å²) < 4.78 is 6.55. The average Bonchev–Trinajstić information content (AvgIpc) is 2.32. The summed E-state index contributed by atoms with van der Waals surface area (Å²) in [5, 5.41) is 0. The van der Waals surface area contributed by atoms with Gasteiger partial charge < -0.3 is 9.72 Å². The van der Waals surface area contributed by atoms with Crippen LogP contribution < -0.4 is 10.3 Å². The van der Waals surface area contributed by atoms with Gasteiger partial charge in [-0.15, -0.1) is 0 Å². The van der Waals surface area contributed by atoms with Gasteiger partial charge >= 0.3 is 0 Å². The number of nitrogens with zero attached hydrogens (tertiary/aromatic N) is 1. The van der Waals surface area contributed by atoms with Crippen LogP contribution in [0.3, 0.4) is 0 Å². The third kappa shape index (κ3) is 3.30. The van der Waals surface area contributed by atoms with Gasteiger partial charge in [0.05, 0.1) is 6.20 Å². The van der Waals surface area contributed by atoms with Crippen molar-refractivity contribution in [3.63, 3.8) is 0 Å². The molecule has 0 unspecified atom stereocenters. The van der Waals surface area contributed by atoms with Gasteiger partial charge in [-0.25, -0.2) is 4.98 Å². The maximum Gasteiger partial charge on any atom is 0.294 e. The van der Waals surface area contributed by atoms with E-state index in [4.69, 9.17) is 17.0 Å². The smallest absolute Gasteiger partial charge is 0.294 e. The van der Waals surface area contributed by atoms with E-state index >= 15 is 0 Å². The summed E-state index contributed by atoms with van der Waals surface area (Å²) in [6, 6.07) is 1.73. The quantitative estimate of drug-likeness (QED) is 0.662. The van der Waals surface area contributed by atoms with Crippen molar-refractivity contribution in [1.82, 2.24) is 15.0 Å². The molecule has 0 aromatic carbocycles. The molecule has 0 aliphatic heterocycles. The van der Waals surface area contributed by atoms with Crippen LogP contribution in [0.15, 0.2) is 27.9 Å². The fourth-order valence-corrected chi connectivity index (χ4v) is 2.00. The Morgan fingerprint density at radius 2 is 2.16 bits per heavy atom. The van der Waals surface area contributed by atoms with E-state index in [9.17, 15) is 4.79 Å². The monoisotopic (exact) mass is 341 g/mol. The molecule has 2 aromatic rings. The first-order valence-electron chi connectivity index (χ1n) is 5.62. The minimum absolute atomic E-state index is 0.161. The molecule has 0 saturated heterocycles. The molecule has 0 saturated carbocycles. The second kappa shape index (κ2) is 5.66. The number of hydrogen-bond donors (Lipinski definition) is 2. The summed E-state index contributed by atoms with van der Waals surface area (Å²) in [7, 11) is 0. The topological polar surface area (TPSA) is 70.8 Å². The van der Waals surface area contributed by atoms with Gasteiger partial charge in [-0.05, 0) is 34.1 Å². The number of hydrogen-bond acceptors (Lipinski definition) is 4. The van der Waals surface area contributed by atoms with Crippen molar-refractivity contribution >= 4 is 28.1 Å². The molecule has 2 N–H and O–H groups in total. The van der Waals surface area contributed by atoms with Crippen LogP contribution in [-0.4, -0.2) is 15.0 Å². The zero-order valence-corrected chi connectivity index (χ0v) is 12.8. The molecule has 0 spiro atoms. The first-order valence-corrected chi connectivity index (χ1v) is 6.83. The highest BCUT2D eigenvalue weighted by Gasteiger charge is 2.12. The van der Waals surface area contributed by atoms with Gasteiger partial charge in [0, 0.05) is 17.8 Å². The van der Waals surface area contributed by atoms with E-state index < -0.39 is 0 Å². The SMILES string of the molecule is CC(C)c1cnc(Br)cc1Oc1c[nH]c(=S)[nH]c1=O. The van der Waals surface area contributed by atoms with E-state index in [2.05, 4.69) is 30.9 Å². The average molecular weight is 342 g/mol. The molecule has 5 nitrogen and oxygen atoms in total. The molecule has 0 aliphatic rings. The highest BCUT2D eigenvalue weighted by atomic mass is 79.9. The third-order valence-corrected chi connectivity index (χ3v) is 3.14. The summed E-state index contributed by atoms with van der Waals surface area (Å²) in [4.78, 5) is 21.1. The van der Waals surface area contributed by atoms with Crippen molar-refractivity contribution < 1.29 is 4.74 Å². The van der Waals surface area contributed by atoms with E-state index in [1.807, 2.05) is 13.8 Å². The van der Waals surface area contributed by atoms with Crippen LogP contribution in [0, 0.1) is 4.77 Å². The van der Waals surface area contributed by atoms with Crippen molar-refractivity contribution in [2.45, 2.75) is 19.8 Å². The molecular formula is C12H12BrN3O2S. The lowest BCUT2D eigenvalue weighted by molar-refractivity contribution is 0.461. The minimum Gasteiger partial charge on any atom is -0.450 e. The zero-order valence-electron chi connectivity index (χ0n) is 10.4. The van der Waals surface area contributed by atoms with Gasteiger partial charge in [0.25, 0.3) is 5.56 Å². The Kier molecular flexibility index (Phi) is 4.16. The molecule has 100 valence electrons. The van der Waals surface area contributed by atoms with Crippen molar-refractivity contribution in [2.75, 3.05) is 0 Å². The molecule has 0 radical (unpaired) electrons. The van der Waals surface area contributed by atoms with Crippen molar-refractivity contribution in [3.05, 3.63) is 43.8 Å². The standard InChI is InChI=1S/C12H12BrN3O2S/c1-6(2)7-4-14-10(13)3-8(7)18-9-5-15-12(19)16-11(9)17/h3-6H,1-2H3,(H2,15,16,17,19). The molecular weight excluding hydrogens is 330 g/mol. The number of aromatic amines is 2. The number of aromatic nitrogens is 3. The Morgan fingerprint density at radius 1 is 1.42 bits per heavy atom. The summed E-state index contributed by atoms with van der Waals surface area (Å²) in [5.74, 6) is 0.985. The Hall–Kier alpha value is -1.47. The number of pyridine rings is 1. The van der Waals surface area contributed by atoms with Gasteiger partial charge in [0.1, 0.15) is 10.4 Å². The predicted molar refractivity (Wildman–Crippen MR) is 78.3 cm³/mol. The Bertz CT molecular complexity index is 709. The van der Waals surface area contributed by atoms with Crippen LogP contribution in [0.2, 0.25) is 0 Å². The van der Waals surface area contributed by atoms with Crippen LogP contribution >= 0.6 is 28.1 Å². The van der Waals surface area contributed by atoms with E-state index in [0.29, 0.717) is 10.4 Å². The number of rotatable bonds is 3. The van der Waals surface area contributed by atoms with Crippen LogP contribution in [0.4, 0.5) is 0 Å². The van der Waals surface area contributed by atoms with E-state index in [1.54, 1.807) is 12.3 Å². The molecule has 0 atom stereocenters. The summed E-state index contributed by atoms with van der Waals surface area (Å²) in [6.45, 7) is 4.06. The molecule has 0 bridgehead atoms. The lowest BCUT2D eigenvalue weighted by Gasteiger charge is -2.12. The normalized spacial score (nSPS) is 10.7.